The first-order valence-electron chi connectivity index (χ1n) is 5.33. The van der Waals surface area contributed by atoms with E-state index in [2.05, 4.69) is 42.0 Å². The van der Waals surface area contributed by atoms with Crippen molar-refractivity contribution in [2.45, 2.75) is 46.5 Å². The summed E-state index contributed by atoms with van der Waals surface area (Å²) in [5.74, 6) is 0. The van der Waals surface area contributed by atoms with E-state index in [-0.39, 0.29) is 0 Å². The number of unbranched alkanes of at least 4 members (excludes halogenated alkanes) is 2. The number of rotatable bonds is 7. The second-order valence-electron chi connectivity index (χ2n) is 4.81. The van der Waals surface area contributed by atoms with Gasteiger partial charge in [0.2, 0.25) is 0 Å². The molecule has 0 bridgehead atoms. The molecule has 2 heteroatoms. The highest BCUT2D eigenvalue weighted by Crippen LogP contribution is 2.16. The van der Waals surface area contributed by atoms with Gasteiger partial charge in [-0.1, -0.05) is 43.1 Å². The largest absolute Gasteiger partial charge is 0.317 e. The second kappa shape index (κ2) is 7.81. The van der Waals surface area contributed by atoms with Gasteiger partial charge in [-0.15, -0.1) is 0 Å². The summed E-state index contributed by atoms with van der Waals surface area (Å²) in [6.07, 6.45) is 5.23. The average molecular weight is 250 g/mol. The van der Waals surface area contributed by atoms with E-state index in [4.69, 9.17) is 0 Å². The van der Waals surface area contributed by atoms with Crippen molar-refractivity contribution in [3.8, 4) is 0 Å². The van der Waals surface area contributed by atoms with Crippen molar-refractivity contribution < 1.29 is 0 Å². The van der Waals surface area contributed by atoms with E-state index in [0.29, 0.717) is 5.41 Å². The van der Waals surface area contributed by atoms with Crippen LogP contribution in [0.15, 0.2) is 0 Å². The molecule has 1 nitrogen and oxygen atoms in total. The average Bonchev–Trinajstić information content (AvgIpc) is 2.01. The highest BCUT2D eigenvalue weighted by Gasteiger charge is 2.08. The molecular weight excluding hydrogens is 226 g/mol. The Hall–Kier alpha value is 0.440. The van der Waals surface area contributed by atoms with Crippen LogP contribution in [0.4, 0.5) is 0 Å². The Balaban J connectivity index is 3.00. The lowest BCUT2D eigenvalue weighted by atomic mass is 9.92. The summed E-state index contributed by atoms with van der Waals surface area (Å²) in [5.41, 5.74) is 0.475. The molecule has 0 saturated carbocycles. The van der Waals surface area contributed by atoms with E-state index in [9.17, 15) is 0 Å². The van der Waals surface area contributed by atoms with Crippen LogP contribution in [0.5, 0.6) is 0 Å². The third-order valence-electron chi connectivity index (χ3n) is 2.04. The Morgan fingerprint density at radius 3 is 2.23 bits per heavy atom. The molecule has 0 amide bonds. The molecule has 0 unspecified atom stereocenters. The van der Waals surface area contributed by atoms with Gasteiger partial charge in [-0.3, -0.25) is 0 Å². The van der Waals surface area contributed by atoms with Crippen molar-refractivity contribution in [2.24, 2.45) is 5.41 Å². The Morgan fingerprint density at radius 2 is 1.69 bits per heavy atom. The molecule has 0 saturated heterocycles. The predicted octanol–water partition coefficient (Wildman–Crippen LogP) is 3.58. The van der Waals surface area contributed by atoms with Crippen molar-refractivity contribution in [2.75, 3.05) is 18.4 Å². The van der Waals surface area contributed by atoms with Crippen LogP contribution < -0.4 is 5.32 Å². The van der Waals surface area contributed by atoms with Crippen LogP contribution in [-0.2, 0) is 0 Å². The molecule has 0 fully saturated rings. The topological polar surface area (TPSA) is 12.0 Å². The zero-order chi connectivity index (χ0) is 10.2. The number of nitrogens with one attached hydrogen (secondary N) is 1. The first-order valence-corrected chi connectivity index (χ1v) is 6.45. The molecule has 0 spiro atoms. The number of halogens is 1. The molecule has 1 N–H and O–H groups in total. The maximum atomic E-state index is 3.49. The highest BCUT2D eigenvalue weighted by atomic mass is 79.9. The van der Waals surface area contributed by atoms with Crippen LogP contribution in [0, 0.1) is 5.41 Å². The molecule has 0 aliphatic heterocycles. The van der Waals surface area contributed by atoms with Gasteiger partial charge in [-0.05, 0) is 37.8 Å². The molecule has 0 aromatic rings. The summed E-state index contributed by atoms with van der Waals surface area (Å²) in [7, 11) is 0. The van der Waals surface area contributed by atoms with Gasteiger partial charge >= 0.3 is 0 Å². The van der Waals surface area contributed by atoms with Crippen LogP contribution in [0.2, 0.25) is 0 Å². The Labute approximate surface area is 91.8 Å². The van der Waals surface area contributed by atoms with Crippen LogP contribution in [0.1, 0.15) is 46.5 Å². The molecule has 0 aliphatic rings. The minimum atomic E-state index is 0.475. The summed E-state index contributed by atoms with van der Waals surface area (Å²) in [6.45, 7) is 9.22. The molecule has 0 aromatic heterocycles. The van der Waals surface area contributed by atoms with Crippen molar-refractivity contribution in [1.82, 2.24) is 5.32 Å². The van der Waals surface area contributed by atoms with Gasteiger partial charge in [0.05, 0.1) is 0 Å². The third kappa shape index (κ3) is 12.4. The van der Waals surface area contributed by atoms with E-state index in [1.165, 1.54) is 32.2 Å². The van der Waals surface area contributed by atoms with Crippen LogP contribution >= 0.6 is 15.9 Å². The Morgan fingerprint density at radius 1 is 1.00 bits per heavy atom. The van der Waals surface area contributed by atoms with Gasteiger partial charge in [0.25, 0.3) is 0 Å². The fraction of sp³-hybridized carbons (Fsp3) is 1.00. The molecule has 0 radical (unpaired) electrons. The fourth-order valence-electron chi connectivity index (χ4n) is 1.11. The zero-order valence-corrected chi connectivity index (χ0v) is 10.9. The van der Waals surface area contributed by atoms with Gasteiger partial charge in [0.15, 0.2) is 0 Å². The highest BCUT2D eigenvalue weighted by molar-refractivity contribution is 9.09. The molecule has 0 atom stereocenters. The monoisotopic (exact) mass is 249 g/mol. The van der Waals surface area contributed by atoms with Crippen molar-refractivity contribution >= 4 is 15.9 Å². The van der Waals surface area contributed by atoms with Crippen LogP contribution in [0.25, 0.3) is 0 Å². The van der Waals surface area contributed by atoms with E-state index < -0.39 is 0 Å². The van der Waals surface area contributed by atoms with E-state index in [1.807, 2.05) is 0 Å². The van der Waals surface area contributed by atoms with E-state index >= 15 is 0 Å². The third-order valence-corrected chi connectivity index (χ3v) is 2.60. The predicted molar refractivity (Wildman–Crippen MR) is 64.6 cm³/mol. The summed E-state index contributed by atoms with van der Waals surface area (Å²) in [6, 6.07) is 0. The van der Waals surface area contributed by atoms with Gasteiger partial charge in [0, 0.05) is 5.33 Å². The summed E-state index contributed by atoms with van der Waals surface area (Å²) in [4.78, 5) is 0. The lowest BCUT2D eigenvalue weighted by molar-refractivity contribution is 0.366. The van der Waals surface area contributed by atoms with Gasteiger partial charge in [-0.2, -0.15) is 0 Å². The summed E-state index contributed by atoms with van der Waals surface area (Å²) < 4.78 is 0. The number of hydrogen-bond acceptors (Lipinski definition) is 1. The molecule has 13 heavy (non-hydrogen) atoms. The van der Waals surface area contributed by atoms with Crippen LogP contribution in [0.3, 0.4) is 0 Å². The molecule has 0 aromatic carbocycles. The van der Waals surface area contributed by atoms with Gasteiger partial charge < -0.3 is 5.32 Å². The smallest absolute Gasteiger partial charge is 0.00313 e. The van der Waals surface area contributed by atoms with Crippen LogP contribution in [-0.4, -0.2) is 18.4 Å². The van der Waals surface area contributed by atoms with Crippen molar-refractivity contribution in [1.29, 1.82) is 0 Å². The minimum Gasteiger partial charge on any atom is -0.317 e. The van der Waals surface area contributed by atoms with Gasteiger partial charge in [-0.25, -0.2) is 0 Å². The standard InChI is InChI=1S/C11H24BrN/c1-11(2,3)7-10-13-9-6-4-5-8-12/h13H,4-10H2,1-3H3. The first-order chi connectivity index (χ1) is 6.06. The lowest BCUT2D eigenvalue weighted by Gasteiger charge is -2.17. The SMILES string of the molecule is CC(C)(C)CCNCCCCCBr. The molecule has 0 aliphatic carbocycles. The number of alkyl halides is 1. The quantitative estimate of drug-likeness (QED) is 0.538. The first kappa shape index (κ1) is 13.4. The van der Waals surface area contributed by atoms with Gasteiger partial charge in [0.1, 0.15) is 0 Å². The molecule has 0 heterocycles. The molecule has 0 rings (SSSR count). The van der Waals surface area contributed by atoms with E-state index in [0.717, 1.165) is 11.9 Å². The molecule has 80 valence electrons. The maximum Gasteiger partial charge on any atom is 0.00313 e. The summed E-state index contributed by atoms with van der Waals surface area (Å²) in [5, 5.41) is 4.63. The van der Waals surface area contributed by atoms with Crippen molar-refractivity contribution in [3.63, 3.8) is 0 Å². The Bertz CT molecular complexity index is 107. The normalized spacial score (nSPS) is 12.0. The fourth-order valence-corrected chi connectivity index (χ4v) is 1.51. The summed E-state index contributed by atoms with van der Waals surface area (Å²) >= 11 is 3.44. The number of hydrogen-bond donors (Lipinski definition) is 1. The molecular formula is C11H24BrN. The lowest BCUT2D eigenvalue weighted by Crippen LogP contribution is -2.21. The second-order valence-corrected chi connectivity index (χ2v) is 5.60. The van der Waals surface area contributed by atoms with E-state index in [1.54, 1.807) is 0 Å². The Kier molecular flexibility index (Phi) is 8.07. The maximum absolute atomic E-state index is 3.49. The minimum absolute atomic E-state index is 0.475. The zero-order valence-electron chi connectivity index (χ0n) is 9.33. The van der Waals surface area contributed by atoms with Crippen molar-refractivity contribution in [3.05, 3.63) is 0 Å².